The minimum absolute atomic E-state index is 0.0541. The third-order valence-corrected chi connectivity index (χ3v) is 6.40. The number of thiazole rings is 1. The molecule has 0 saturated carbocycles. The highest BCUT2D eigenvalue weighted by atomic mass is 35.5. The molecule has 3 aromatic rings. The van der Waals surface area contributed by atoms with Crippen molar-refractivity contribution in [2.45, 2.75) is 17.7 Å². The van der Waals surface area contributed by atoms with Crippen LogP contribution in [0.15, 0.2) is 41.3 Å². The highest BCUT2D eigenvalue weighted by Gasteiger charge is 2.12. The van der Waals surface area contributed by atoms with Gasteiger partial charge in [0, 0.05) is 11.3 Å². The average Bonchev–Trinajstić information content (AvgIpc) is 3.05. The van der Waals surface area contributed by atoms with E-state index in [1.807, 2.05) is 30.3 Å². The van der Waals surface area contributed by atoms with Crippen molar-refractivity contribution in [2.24, 2.45) is 0 Å². The summed E-state index contributed by atoms with van der Waals surface area (Å²) in [5.41, 5.74) is 0.620. The van der Waals surface area contributed by atoms with Gasteiger partial charge in [-0.3, -0.25) is 4.79 Å². The van der Waals surface area contributed by atoms with E-state index in [-0.39, 0.29) is 5.91 Å². The van der Waals surface area contributed by atoms with Gasteiger partial charge in [0.15, 0.2) is 5.13 Å². The zero-order valence-corrected chi connectivity index (χ0v) is 17.1. The molecule has 0 aliphatic rings. The molecule has 1 heterocycles. The number of thioether (sulfide) groups is 1. The minimum atomic E-state index is -0.0541. The van der Waals surface area contributed by atoms with E-state index in [1.165, 1.54) is 11.3 Å². The van der Waals surface area contributed by atoms with E-state index in [1.54, 1.807) is 24.9 Å². The fourth-order valence-electron chi connectivity index (χ4n) is 2.27. The zero-order chi connectivity index (χ0) is 18.5. The van der Waals surface area contributed by atoms with E-state index in [0.29, 0.717) is 27.1 Å². The number of hydrogen-bond donors (Lipinski definition) is 1. The Morgan fingerprint density at radius 1 is 1.23 bits per heavy atom. The van der Waals surface area contributed by atoms with Crippen LogP contribution in [0.1, 0.15) is 12.8 Å². The maximum absolute atomic E-state index is 12.1. The maximum atomic E-state index is 12.1. The Bertz CT molecular complexity index is 913. The Morgan fingerprint density at radius 2 is 2.00 bits per heavy atom. The van der Waals surface area contributed by atoms with Crippen LogP contribution < -0.4 is 10.1 Å². The first-order valence-corrected chi connectivity index (χ1v) is 10.4. The summed E-state index contributed by atoms with van der Waals surface area (Å²) in [4.78, 5) is 17.6. The van der Waals surface area contributed by atoms with Crippen LogP contribution >= 0.6 is 46.3 Å². The predicted molar refractivity (Wildman–Crippen MR) is 111 cm³/mol. The monoisotopic (exact) mass is 426 g/mol. The number of carbonyl (C=O) groups excluding carboxylic acids is 1. The molecule has 26 heavy (non-hydrogen) atoms. The molecule has 0 radical (unpaired) electrons. The fourth-order valence-corrected chi connectivity index (χ4v) is 4.43. The van der Waals surface area contributed by atoms with Crippen molar-refractivity contribution in [3.05, 3.63) is 46.4 Å². The number of aromatic nitrogens is 1. The third-order valence-electron chi connectivity index (χ3n) is 3.57. The summed E-state index contributed by atoms with van der Waals surface area (Å²) in [5, 5.41) is 4.24. The summed E-state index contributed by atoms with van der Waals surface area (Å²) in [7, 11) is 1.65. The van der Waals surface area contributed by atoms with Crippen LogP contribution in [0.2, 0.25) is 10.0 Å². The zero-order valence-electron chi connectivity index (χ0n) is 13.9. The van der Waals surface area contributed by atoms with Gasteiger partial charge in [0.05, 0.1) is 21.9 Å². The van der Waals surface area contributed by atoms with Crippen LogP contribution in [0.3, 0.4) is 0 Å². The van der Waals surface area contributed by atoms with Crippen molar-refractivity contribution in [3.63, 3.8) is 0 Å². The smallest absolute Gasteiger partial charge is 0.226 e. The number of fused-ring (bicyclic) bond motifs is 1. The number of amides is 1. The van der Waals surface area contributed by atoms with Gasteiger partial charge in [-0.15, -0.1) is 11.8 Å². The number of rotatable bonds is 7. The normalized spacial score (nSPS) is 10.9. The van der Waals surface area contributed by atoms with E-state index in [2.05, 4.69) is 10.3 Å². The molecule has 1 N–H and O–H groups in total. The second-order valence-electron chi connectivity index (χ2n) is 5.40. The molecular weight excluding hydrogens is 411 g/mol. The molecule has 136 valence electrons. The van der Waals surface area contributed by atoms with Gasteiger partial charge < -0.3 is 10.1 Å². The number of anilines is 1. The lowest BCUT2D eigenvalue weighted by Crippen LogP contribution is -2.11. The van der Waals surface area contributed by atoms with Gasteiger partial charge in [0.2, 0.25) is 5.91 Å². The van der Waals surface area contributed by atoms with Crippen LogP contribution in [0.5, 0.6) is 5.75 Å². The van der Waals surface area contributed by atoms with Gasteiger partial charge in [0.25, 0.3) is 0 Å². The van der Waals surface area contributed by atoms with Gasteiger partial charge in [0.1, 0.15) is 11.3 Å². The molecular formula is C18H16Cl2N2O2S2. The number of ether oxygens (including phenoxy) is 1. The first kappa shape index (κ1) is 19.3. The number of carbonyl (C=O) groups is 1. The summed E-state index contributed by atoms with van der Waals surface area (Å²) >= 11 is 15.2. The third kappa shape index (κ3) is 4.82. The summed E-state index contributed by atoms with van der Waals surface area (Å²) in [5.74, 6) is 1.65. The van der Waals surface area contributed by atoms with E-state index < -0.39 is 0 Å². The topological polar surface area (TPSA) is 51.2 Å². The van der Waals surface area contributed by atoms with Crippen molar-refractivity contribution in [1.82, 2.24) is 4.98 Å². The molecule has 0 spiro atoms. The average molecular weight is 427 g/mol. The number of benzene rings is 2. The van der Waals surface area contributed by atoms with E-state index >= 15 is 0 Å². The molecule has 4 nitrogen and oxygen atoms in total. The molecule has 0 aliphatic carbocycles. The lowest BCUT2D eigenvalue weighted by Gasteiger charge is -2.04. The quantitative estimate of drug-likeness (QED) is 0.364. The highest BCUT2D eigenvalue weighted by Crippen LogP contribution is 2.35. The fraction of sp³-hybridized carbons (Fsp3) is 0.222. The SMILES string of the molecule is COc1ccc(SCCCC(=O)Nc2nc3c(Cl)c(Cl)ccc3s2)cc1. The molecule has 1 amide bonds. The first-order chi connectivity index (χ1) is 12.6. The molecule has 0 atom stereocenters. The van der Waals surface area contributed by atoms with Gasteiger partial charge >= 0.3 is 0 Å². The molecule has 3 rings (SSSR count). The van der Waals surface area contributed by atoms with Crippen LogP contribution in [-0.4, -0.2) is 23.8 Å². The van der Waals surface area contributed by atoms with E-state index in [4.69, 9.17) is 27.9 Å². The van der Waals surface area contributed by atoms with Crippen molar-refractivity contribution in [1.29, 1.82) is 0 Å². The van der Waals surface area contributed by atoms with Crippen LogP contribution in [-0.2, 0) is 4.79 Å². The molecule has 8 heteroatoms. The van der Waals surface area contributed by atoms with Gasteiger partial charge in [-0.25, -0.2) is 4.98 Å². The lowest BCUT2D eigenvalue weighted by molar-refractivity contribution is -0.116. The molecule has 1 aromatic heterocycles. The largest absolute Gasteiger partial charge is 0.497 e. The Labute approximate surface area is 169 Å². The van der Waals surface area contributed by atoms with E-state index in [9.17, 15) is 4.79 Å². The highest BCUT2D eigenvalue weighted by molar-refractivity contribution is 7.99. The van der Waals surface area contributed by atoms with Crippen LogP contribution in [0.4, 0.5) is 5.13 Å². The molecule has 2 aromatic carbocycles. The van der Waals surface area contributed by atoms with Crippen LogP contribution in [0.25, 0.3) is 10.2 Å². The van der Waals surface area contributed by atoms with Gasteiger partial charge in [-0.1, -0.05) is 34.5 Å². The van der Waals surface area contributed by atoms with Crippen LogP contribution in [0, 0.1) is 0 Å². The molecule has 0 fully saturated rings. The Hall–Kier alpha value is -1.47. The maximum Gasteiger partial charge on any atom is 0.226 e. The molecule has 0 aliphatic heterocycles. The molecule has 0 bridgehead atoms. The molecule has 0 saturated heterocycles. The van der Waals surface area contributed by atoms with Crippen molar-refractivity contribution in [2.75, 3.05) is 18.2 Å². The van der Waals surface area contributed by atoms with E-state index in [0.717, 1.165) is 27.5 Å². The van der Waals surface area contributed by atoms with Crippen molar-refractivity contribution < 1.29 is 9.53 Å². The number of nitrogens with zero attached hydrogens (tertiary/aromatic N) is 1. The number of methoxy groups -OCH3 is 1. The summed E-state index contributed by atoms with van der Waals surface area (Å²) in [6.07, 6.45) is 1.22. The lowest BCUT2D eigenvalue weighted by atomic mass is 10.3. The Kier molecular flexibility index (Phi) is 6.64. The summed E-state index contributed by atoms with van der Waals surface area (Å²) < 4.78 is 6.03. The second-order valence-corrected chi connectivity index (χ2v) is 8.39. The standard InChI is InChI=1S/C18H16Cl2N2O2S2/c1-24-11-4-6-12(7-5-11)25-10-2-3-15(23)21-18-22-17-14(26-18)9-8-13(19)16(17)20/h4-9H,2-3,10H2,1H3,(H,21,22,23). The number of nitrogens with one attached hydrogen (secondary N) is 1. The van der Waals surface area contributed by atoms with Crippen molar-refractivity contribution >= 4 is 67.6 Å². The summed E-state index contributed by atoms with van der Waals surface area (Å²) in [6.45, 7) is 0. The number of hydrogen-bond acceptors (Lipinski definition) is 5. The number of halogens is 2. The summed E-state index contributed by atoms with van der Waals surface area (Å²) in [6, 6.07) is 11.5. The van der Waals surface area contributed by atoms with Crippen molar-refractivity contribution in [3.8, 4) is 5.75 Å². The first-order valence-electron chi connectivity index (χ1n) is 7.88. The Morgan fingerprint density at radius 3 is 2.73 bits per heavy atom. The second kappa shape index (κ2) is 8.95. The minimum Gasteiger partial charge on any atom is -0.497 e. The Balaban J connectivity index is 1.47. The van der Waals surface area contributed by atoms with Gasteiger partial charge in [-0.05, 0) is 48.6 Å². The molecule has 0 unspecified atom stereocenters. The van der Waals surface area contributed by atoms with Gasteiger partial charge in [-0.2, -0.15) is 0 Å². The predicted octanol–water partition coefficient (Wildman–Crippen LogP) is 6.12.